The summed E-state index contributed by atoms with van der Waals surface area (Å²) < 4.78 is 5.43. The second-order valence-corrected chi connectivity index (χ2v) is 5.97. The molecule has 0 spiro atoms. The minimum Gasteiger partial charge on any atom is -0.494 e. The van der Waals surface area contributed by atoms with Crippen LogP contribution in [0.25, 0.3) is 0 Å². The fourth-order valence-corrected chi connectivity index (χ4v) is 1.61. The molecule has 1 aromatic rings. The molecule has 0 aliphatic rings. The van der Waals surface area contributed by atoms with Crippen molar-refractivity contribution < 1.29 is 4.74 Å². The fraction of sp³-hybridized carbons (Fsp3) is 0.625. The van der Waals surface area contributed by atoms with Crippen LogP contribution in [0.5, 0.6) is 5.75 Å². The summed E-state index contributed by atoms with van der Waals surface area (Å²) in [5, 5.41) is 3.52. The van der Waals surface area contributed by atoms with Gasteiger partial charge in [0.05, 0.1) is 6.61 Å². The Hall–Kier alpha value is -1.02. The van der Waals surface area contributed by atoms with E-state index in [0.29, 0.717) is 11.3 Å². The number of nitrogens with one attached hydrogen (secondary N) is 1. The largest absolute Gasteiger partial charge is 0.494 e. The van der Waals surface area contributed by atoms with Crippen molar-refractivity contribution in [2.45, 2.75) is 41.2 Å². The molecule has 0 heterocycles. The van der Waals surface area contributed by atoms with Crippen LogP contribution in [0.2, 0.25) is 0 Å². The van der Waals surface area contributed by atoms with E-state index in [4.69, 9.17) is 4.74 Å². The molecule has 0 aromatic heterocycles. The summed E-state index contributed by atoms with van der Waals surface area (Å²) in [5.41, 5.74) is 1.67. The van der Waals surface area contributed by atoms with Crippen LogP contribution in [0.4, 0.5) is 0 Å². The molecule has 1 N–H and O–H groups in total. The van der Waals surface area contributed by atoms with Crippen LogP contribution in [-0.4, -0.2) is 13.2 Å². The van der Waals surface area contributed by atoms with E-state index in [1.165, 1.54) is 5.56 Å². The smallest absolute Gasteiger partial charge is 0.119 e. The van der Waals surface area contributed by atoms with Gasteiger partial charge in [0.15, 0.2) is 0 Å². The van der Waals surface area contributed by atoms with Crippen molar-refractivity contribution >= 4 is 0 Å². The van der Waals surface area contributed by atoms with Gasteiger partial charge in [-0.3, -0.25) is 0 Å². The molecule has 0 saturated heterocycles. The number of benzene rings is 1. The summed E-state index contributed by atoms with van der Waals surface area (Å²) in [7, 11) is 0. The van der Waals surface area contributed by atoms with Crippen LogP contribution in [0.3, 0.4) is 0 Å². The molecule has 0 aliphatic carbocycles. The zero-order valence-corrected chi connectivity index (χ0v) is 12.4. The average Bonchev–Trinajstić information content (AvgIpc) is 2.30. The molecule has 2 nitrogen and oxygen atoms in total. The van der Waals surface area contributed by atoms with Gasteiger partial charge < -0.3 is 10.1 Å². The maximum atomic E-state index is 5.43. The highest BCUT2D eigenvalue weighted by Gasteiger charge is 2.18. The number of hydrogen-bond donors (Lipinski definition) is 1. The van der Waals surface area contributed by atoms with Crippen LogP contribution in [0, 0.1) is 11.3 Å². The normalized spacial score (nSPS) is 13.4. The molecule has 1 atom stereocenters. The van der Waals surface area contributed by atoms with Gasteiger partial charge in [0.2, 0.25) is 0 Å². The van der Waals surface area contributed by atoms with E-state index in [1.807, 2.05) is 19.1 Å². The molecule has 102 valence electrons. The van der Waals surface area contributed by atoms with Gasteiger partial charge in [-0.1, -0.05) is 39.8 Å². The monoisotopic (exact) mass is 249 g/mol. The zero-order chi connectivity index (χ0) is 13.6. The molecular weight excluding hydrogens is 222 g/mol. The Kier molecular flexibility index (Phi) is 5.67. The molecule has 2 heteroatoms. The molecule has 0 radical (unpaired) electrons. The average molecular weight is 249 g/mol. The Balaban J connectivity index is 2.35. The molecule has 1 aromatic carbocycles. The second kappa shape index (κ2) is 6.79. The summed E-state index contributed by atoms with van der Waals surface area (Å²) in [6.45, 7) is 13.9. The van der Waals surface area contributed by atoms with Gasteiger partial charge >= 0.3 is 0 Å². The van der Waals surface area contributed by atoms with Crippen molar-refractivity contribution in [3.8, 4) is 5.75 Å². The van der Waals surface area contributed by atoms with E-state index in [9.17, 15) is 0 Å². The topological polar surface area (TPSA) is 21.3 Å². The minimum atomic E-state index is 0.367. The lowest BCUT2D eigenvalue weighted by Crippen LogP contribution is -2.29. The zero-order valence-electron chi connectivity index (χ0n) is 12.4. The van der Waals surface area contributed by atoms with Crippen molar-refractivity contribution in [1.29, 1.82) is 0 Å². The van der Waals surface area contributed by atoms with Crippen LogP contribution >= 0.6 is 0 Å². The van der Waals surface area contributed by atoms with Gasteiger partial charge in [0.25, 0.3) is 0 Å². The highest BCUT2D eigenvalue weighted by molar-refractivity contribution is 5.27. The van der Waals surface area contributed by atoms with E-state index in [2.05, 4.69) is 45.1 Å². The number of ether oxygens (including phenoxy) is 1. The molecule has 0 bridgehead atoms. The summed E-state index contributed by atoms with van der Waals surface area (Å²) in [6, 6.07) is 8.32. The standard InChI is InChI=1S/C16H27NO/c1-6-18-15-9-7-14(8-10-15)12-17-11-13(2)16(3,4)5/h7-10,13,17H,6,11-12H2,1-5H3. The van der Waals surface area contributed by atoms with Gasteiger partial charge in [-0.2, -0.15) is 0 Å². The first-order chi connectivity index (χ1) is 8.43. The SMILES string of the molecule is CCOc1ccc(CNCC(C)C(C)(C)C)cc1. The highest BCUT2D eigenvalue weighted by Crippen LogP contribution is 2.24. The van der Waals surface area contributed by atoms with Crippen molar-refractivity contribution in [3.63, 3.8) is 0 Å². The van der Waals surface area contributed by atoms with Crippen molar-refractivity contribution in [1.82, 2.24) is 5.32 Å². The molecule has 1 rings (SSSR count). The molecule has 0 aliphatic heterocycles. The van der Waals surface area contributed by atoms with Crippen LogP contribution < -0.4 is 10.1 Å². The molecule has 0 saturated carbocycles. The third-order valence-corrected chi connectivity index (χ3v) is 3.49. The second-order valence-electron chi connectivity index (χ2n) is 5.97. The van der Waals surface area contributed by atoms with Gasteiger partial charge in [-0.25, -0.2) is 0 Å². The predicted molar refractivity (Wildman–Crippen MR) is 77.9 cm³/mol. The Morgan fingerprint density at radius 2 is 1.78 bits per heavy atom. The summed E-state index contributed by atoms with van der Waals surface area (Å²) in [5.74, 6) is 1.62. The Bertz CT molecular complexity index is 337. The quantitative estimate of drug-likeness (QED) is 0.826. The van der Waals surface area contributed by atoms with E-state index in [1.54, 1.807) is 0 Å². The van der Waals surface area contributed by atoms with Gasteiger partial charge in [-0.15, -0.1) is 0 Å². The first kappa shape index (κ1) is 15.0. The van der Waals surface area contributed by atoms with Crippen LogP contribution in [0.15, 0.2) is 24.3 Å². The first-order valence-electron chi connectivity index (χ1n) is 6.86. The maximum Gasteiger partial charge on any atom is 0.119 e. The maximum absolute atomic E-state index is 5.43. The van der Waals surface area contributed by atoms with E-state index in [-0.39, 0.29) is 0 Å². The van der Waals surface area contributed by atoms with Crippen molar-refractivity contribution in [2.24, 2.45) is 11.3 Å². The van der Waals surface area contributed by atoms with Gasteiger partial charge in [0, 0.05) is 6.54 Å². The fourth-order valence-electron chi connectivity index (χ4n) is 1.61. The van der Waals surface area contributed by atoms with Crippen LogP contribution in [-0.2, 0) is 6.54 Å². The minimum absolute atomic E-state index is 0.367. The summed E-state index contributed by atoms with van der Waals surface area (Å²) >= 11 is 0. The molecule has 1 unspecified atom stereocenters. The summed E-state index contributed by atoms with van der Waals surface area (Å²) in [6.07, 6.45) is 0. The molecule has 18 heavy (non-hydrogen) atoms. The number of rotatable bonds is 6. The highest BCUT2D eigenvalue weighted by atomic mass is 16.5. The predicted octanol–water partition coefficient (Wildman–Crippen LogP) is 3.86. The molecule has 0 fully saturated rings. The van der Waals surface area contributed by atoms with Gasteiger partial charge in [0.1, 0.15) is 5.75 Å². The van der Waals surface area contributed by atoms with Crippen molar-refractivity contribution in [3.05, 3.63) is 29.8 Å². The lowest BCUT2D eigenvalue weighted by Gasteiger charge is -2.27. The van der Waals surface area contributed by atoms with Crippen LogP contribution in [0.1, 0.15) is 40.2 Å². The Morgan fingerprint density at radius 1 is 1.17 bits per heavy atom. The molecule has 0 amide bonds. The lowest BCUT2D eigenvalue weighted by molar-refractivity contribution is 0.252. The third-order valence-electron chi connectivity index (χ3n) is 3.49. The Morgan fingerprint density at radius 3 is 2.28 bits per heavy atom. The van der Waals surface area contributed by atoms with E-state index in [0.717, 1.165) is 25.4 Å². The van der Waals surface area contributed by atoms with E-state index >= 15 is 0 Å². The van der Waals surface area contributed by atoms with E-state index < -0.39 is 0 Å². The Labute approximate surface area is 112 Å². The molecular formula is C16H27NO. The lowest BCUT2D eigenvalue weighted by atomic mass is 9.82. The van der Waals surface area contributed by atoms with Gasteiger partial charge in [-0.05, 0) is 42.5 Å². The number of hydrogen-bond acceptors (Lipinski definition) is 2. The third kappa shape index (κ3) is 5.09. The summed E-state index contributed by atoms with van der Waals surface area (Å²) in [4.78, 5) is 0. The first-order valence-corrected chi connectivity index (χ1v) is 6.86. The van der Waals surface area contributed by atoms with Crippen molar-refractivity contribution in [2.75, 3.05) is 13.2 Å².